The van der Waals surface area contributed by atoms with Gasteiger partial charge in [-0.15, -0.1) is 11.8 Å². The van der Waals surface area contributed by atoms with Gasteiger partial charge in [-0.25, -0.2) is 0 Å². The number of allylic oxidation sites excluding steroid dienone is 4. The Morgan fingerprint density at radius 1 is 1.40 bits per heavy atom. The van der Waals surface area contributed by atoms with Crippen molar-refractivity contribution < 1.29 is 0 Å². The largest absolute Gasteiger partial charge is 0.126 e. The zero-order valence-electron chi connectivity index (χ0n) is 5.95. The van der Waals surface area contributed by atoms with Crippen LogP contribution in [0, 0.1) is 5.92 Å². The Balaban J connectivity index is 2.25. The fraction of sp³-hybridized carbons (Fsp3) is 0.333. The summed E-state index contributed by atoms with van der Waals surface area (Å²) in [6, 6.07) is 0. The summed E-state index contributed by atoms with van der Waals surface area (Å²) in [4.78, 5) is 0. The highest BCUT2D eigenvalue weighted by Crippen LogP contribution is 2.34. The van der Waals surface area contributed by atoms with Crippen molar-refractivity contribution in [3.63, 3.8) is 0 Å². The third-order valence-corrected chi connectivity index (χ3v) is 3.00. The smallest absolute Gasteiger partial charge is 0.0371 e. The first-order chi connectivity index (χ1) is 4.86. The lowest BCUT2D eigenvalue weighted by molar-refractivity contribution is 0.847. The lowest BCUT2D eigenvalue weighted by atomic mass is 9.97. The maximum Gasteiger partial charge on any atom is 0.0371 e. The fourth-order valence-corrected chi connectivity index (χ4v) is 2.44. The van der Waals surface area contributed by atoms with Gasteiger partial charge >= 0.3 is 0 Å². The Morgan fingerprint density at radius 3 is 3.20 bits per heavy atom. The summed E-state index contributed by atoms with van der Waals surface area (Å²) in [5, 5.41) is 2.90. The highest BCUT2D eigenvalue weighted by molar-refractivity contribution is 8.03. The second-order valence-electron chi connectivity index (χ2n) is 2.78. The topological polar surface area (TPSA) is 0 Å². The van der Waals surface area contributed by atoms with Crippen LogP contribution in [-0.4, -0.2) is 5.25 Å². The van der Waals surface area contributed by atoms with Gasteiger partial charge in [0.05, 0.1) is 0 Å². The monoisotopic (exact) mass is 150 g/mol. The van der Waals surface area contributed by atoms with Crippen molar-refractivity contribution in [1.82, 2.24) is 0 Å². The van der Waals surface area contributed by atoms with Gasteiger partial charge in [0.1, 0.15) is 0 Å². The molecule has 1 aliphatic carbocycles. The van der Waals surface area contributed by atoms with Gasteiger partial charge in [-0.2, -0.15) is 0 Å². The quantitative estimate of drug-likeness (QED) is 0.511. The van der Waals surface area contributed by atoms with Crippen LogP contribution in [0.1, 0.15) is 6.92 Å². The molecular formula is C9H10S. The van der Waals surface area contributed by atoms with E-state index in [0.717, 1.165) is 0 Å². The standard InChI is InChI=1S/C9H10S/c1-7-2-3-8-4-5-10-9(8)6-7/h2-6,8-9H,1H3/t8?,9-/m1/s1. The van der Waals surface area contributed by atoms with Crippen LogP contribution in [0.15, 0.2) is 35.3 Å². The van der Waals surface area contributed by atoms with Gasteiger partial charge in [-0.3, -0.25) is 0 Å². The Hall–Kier alpha value is -0.430. The van der Waals surface area contributed by atoms with Crippen LogP contribution in [0.3, 0.4) is 0 Å². The van der Waals surface area contributed by atoms with E-state index in [1.54, 1.807) is 0 Å². The Morgan fingerprint density at radius 2 is 2.30 bits per heavy atom. The minimum Gasteiger partial charge on any atom is -0.126 e. The van der Waals surface area contributed by atoms with E-state index >= 15 is 0 Å². The molecule has 2 atom stereocenters. The van der Waals surface area contributed by atoms with E-state index in [9.17, 15) is 0 Å². The van der Waals surface area contributed by atoms with Gasteiger partial charge in [-0.05, 0) is 12.3 Å². The van der Waals surface area contributed by atoms with Crippen molar-refractivity contribution in [2.24, 2.45) is 5.92 Å². The first-order valence-electron chi connectivity index (χ1n) is 3.55. The summed E-state index contributed by atoms with van der Waals surface area (Å²) in [5.74, 6) is 0.675. The third kappa shape index (κ3) is 0.948. The molecule has 0 radical (unpaired) electrons. The molecule has 0 bridgehead atoms. The van der Waals surface area contributed by atoms with E-state index in [4.69, 9.17) is 0 Å². The Labute approximate surface area is 65.7 Å². The molecule has 2 rings (SSSR count). The summed E-state index contributed by atoms with van der Waals surface area (Å²) >= 11 is 1.92. The number of fused-ring (bicyclic) bond motifs is 1. The zero-order chi connectivity index (χ0) is 6.97. The molecule has 0 aromatic heterocycles. The van der Waals surface area contributed by atoms with Gasteiger partial charge < -0.3 is 0 Å². The first-order valence-corrected chi connectivity index (χ1v) is 4.49. The zero-order valence-corrected chi connectivity index (χ0v) is 6.77. The predicted octanol–water partition coefficient (Wildman–Crippen LogP) is 2.75. The number of hydrogen-bond donors (Lipinski definition) is 0. The molecule has 1 unspecified atom stereocenters. The molecule has 52 valence electrons. The van der Waals surface area contributed by atoms with E-state index < -0.39 is 0 Å². The molecule has 0 nitrogen and oxygen atoms in total. The van der Waals surface area contributed by atoms with Crippen molar-refractivity contribution >= 4 is 11.8 Å². The molecule has 0 saturated carbocycles. The Kier molecular flexibility index (Phi) is 1.46. The van der Waals surface area contributed by atoms with Crippen LogP contribution in [0.4, 0.5) is 0 Å². The van der Waals surface area contributed by atoms with Crippen LogP contribution in [0.25, 0.3) is 0 Å². The lowest BCUT2D eigenvalue weighted by Gasteiger charge is -2.15. The van der Waals surface area contributed by atoms with E-state index in [0.29, 0.717) is 11.2 Å². The number of thioether (sulfide) groups is 1. The second-order valence-corrected chi connectivity index (χ2v) is 3.87. The summed E-state index contributed by atoms with van der Waals surface area (Å²) in [6.45, 7) is 2.16. The van der Waals surface area contributed by atoms with Gasteiger partial charge in [-0.1, -0.05) is 29.9 Å². The molecule has 0 fully saturated rings. The van der Waals surface area contributed by atoms with Crippen molar-refractivity contribution in [3.05, 3.63) is 35.3 Å². The lowest BCUT2D eigenvalue weighted by Crippen LogP contribution is -2.09. The molecule has 1 heterocycles. The summed E-state index contributed by atoms with van der Waals surface area (Å²) in [5.41, 5.74) is 1.40. The molecule has 0 amide bonds. The number of rotatable bonds is 0. The fourth-order valence-electron chi connectivity index (χ4n) is 1.33. The molecular weight excluding hydrogens is 140 g/mol. The van der Waals surface area contributed by atoms with Crippen LogP contribution < -0.4 is 0 Å². The van der Waals surface area contributed by atoms with Crippen LogP contribution >= 0.6 is 11.8 Å². The Bertz CT molecular complexity index is 223. The minimum atomic E-state index is 0.675. The van der Waals surface area contributed by atoms with E-state index in [-0.39, 0.29) is 0 Å². The molecule has 10 heavy (non-hydrogen) atoms. The highest BCUT2D eigenvalue weighted by atomic mass is 32.2. The molecule has 0 spiro atoms. The first kappa shape index (κ1) is 6.29. The van der Waals surface area contributed by atoms with Crippen molar-refractivity contribution in [2.75, 3.05) is 0 Å². The maximum atomic E-state index is 2.34. The molecule has 0 saturated heterocycles. The highest BCUT2D eigenvalue weighted by Gasteiger charge is 2.20. The van der Waals surface area contributed by atoms with E-state index in [2.05, 4.69) is 36.6 Å². The summed E-state index contributed by atoms with van der Waals surface area (Å²) < 4.78 is 0. The van der Waals surface area contributed by atoms with Crippen LogP contribution in [-0.2, 0) is 0 Å². The van der Waals surface area contributed by atoms with Crippen LogP contribution in [0.5, 0.6) is 0 Å². The van der Waals surface area contributed by atoms with E-state index in [1.807, 2.05) is 11.8 Å². The van der Waals surface area contributed by atoms with Gasteiger partial charge in [0.2, 0.25) is 0 Å². The molecule has 0 aromatic rings. The predicted molar refractivity (Wildman–Crippen MR) is 46.9 cm³/mol. The normalized spacial score (nSPS) is 35.9. The molecule has 1 aliphatic heterocycles. The molecule has 0 N–H and O–H groups in total. The average molecular weight is 150 g/mol. The maximum absolute atomic E-state index is 2.34. The van der Waals surface area contributed by atoms with Crippen molar-refractivity contribution in [1.29, 1.82) is 0 Å². The summed E-state index contributed by atoms with van der Waals surface area (Å²) in [7, 11) is 0. The number of hydrogen-bond acceptors (Lipinski definition) is 1. The second kappa shape index (κ2) is 2.31. The summed E-state index contributed by atoms with van der Waals surface area (Å²) in [6.07, 6.45) is 9.11. The van der Waals surface area contributed by atoms with Crippen molar-refractivity contribution in [2.45, 2.75) is 12.2 Å². The van der Waals surface area contributed by atoms with Crippen LogP contribution in [0.2, 0.25) is 0 Å². The van der Waals surface area contributed by atoms with Crippen molar-refractivity contribution in [3.8, 4) is 0 Å². The average Bonchev–Trinajstić information content (AvgIpc) is 2.33. The molecule has 0 aromatic carbocycles. The van der Waals surface area contributed by atoms with Gasteiger partial charge in [0.15, 0.2) is 0 Å². The van der Waals surface area contributed by atoms with Gasteiger partial charge in [0, 0.05) is 11.2 Å². The van der Waals surface area contributed by atoms with Gasteiger partial charge in [0.25, 0.3) is 0 Å². The molecule has 1 heteroatoms. The SMILES string of the molecule is CC1=C[C@H]2SC=CC2C=C1. The molecule has 2 aliphatic rings. The minimum absolute atomic E-state index is 0.675. The third-order valence-electron chi connectivity index (χ3n) is 1.92. The van der Waals surface area contributed by atoms with E-state index in [1.165, 1.54) is 5.57 Å².